The quantitative estimate of drug-likeness (QED) is 0.893. The molecule has 2 atom stereocenters. The summed E-state index contributed by atoms with van der Waals surface area (Å²) in [7, 11) is 0. The van der Waals surface area contributed by atoms with Gasteiger partial charge in [-0.2, -0.15) is 0 Å². The summed E-state index contributed by atoms with van der Waals surface area (Å²) >= 11 is 3.39. The Kier molecular flexibility index (Phi) is 2.89. The van der Waals surface area contributed by atoms with Crippen LogP contribution in [0.3, 0.4) is 0 Å². The van der Waals surface area contributed by atoms with Crippen LogP contribution in [0.5, 0.6) is 0 Å². The van der Waals surface area contributed by atoms with Crippen molar-refractivity contribution in [3.63, 3.8) is 0 Å². The van der Waals surface area contributed by atoms with E-state index in [4.69, 9.17) is 5.11 Å². The number of amides is 1. The van der Waals surface area contributed by atoms with E-state index in [-0.39, 0.29) is 17.4 Å². The highest BCUT2D eigenvalue weighted by Gasteiger charge is 2.53. The molecule has 0 heterocycles. The molecule has 0 aromatic heterocycles. The molecular formula is C14H14BrNO3. The fourth-order valence-electron chi connectivity index (χ4n) is 2.47. The molecule has 100 valence electrons. The standard InChI is InChI=1S/C14H14BrNO3/c15-9-3-1-8(2-4-9)14(5-6-14)16-12(17)10-7-11(10)13(18)19/h1-4,10-11H,5-7H2,(H,16,17)(H,18,19)/t10-,11-/m1/s1. The van der Waals surface area contributed by atoms with Gasteiger partial charge >= 0.3 is 5.97 Å². The van der Waals surface area contributed by atoms with E-state index in [2.05, 4.69) is 21.2 Å². The number of hydrogen-bond donors (Lipinski definition) is 2. The molecule has 2 saturated carbocycles. The van der Waals surface area contributed by atoms with E-state index in [9.17, 15) is 9.59 Å². The first kappa shape index (κ1) is 12.7. The van der Waals surface area contributed by atoms with Crippen molar-refractivity contribution in [3.8, 4) is 0 Å². The second-order valence-corrected chi connectivity index (χ2v) is 6.28. The molecule has 2 aliphatic carbocycles. The summed E-state index contributed by atoms with van der Waals surface area (Å²) in [6.07, 6.45) is 2.31. The Balaban J connectivity index is 1.68. The molecule has 5 heteroatoms. The van der Waals surface area contributed by atoms with Crippen LogP contribution in [0.4, 0.5) is 0 Å². The molecule has 2 aliphatic rings. The van der Waals surface area contributed by atoms with Gasteiger partial charge in [-0.25, -0.2) is 0 Å². The van der Waals surface area contributed by atoms with E-state index >= 15 is 0 Å². The molecule has 0 saturated heterocycles. The fourth-order valence-corrected chi connectivity index (χ4v) is 2.73. The number of carbonyl (C=O) groups is 2. The summed E-state index contributed by atoms with van der Waals surface area (Å²) in [6.45, 7) is 0. The molecule has 0 bridgehead atoms. The topological polar surface area (TPSA) is 66.4 Å². The molecule has 1 amide bonds. The second-order valence-electron chi connectivity index (χ2n) is 5.37. The van der Waals surface area contributed by atoms with Crippen molar-refractivity contribution in [1.82, 2.24) is 5.32 Å². The predicted molar refractivity (Wildman–Crippen MR) is 72.4 cm³/mol. The number of carboxylic acids is 1. The number of hydrogen-bond acceptors (Lipinski definition) is 2. The molecule has 0 spiro atoms. The minimum Gasteiger partial charge on any atom is -0.481 e. The van der Waals surface area contributed by atoms with Gasteiger partial charge in [-0.15, -0.1) is 0 Å². The Morgan fingerprint density at radius 2 is 1.84 bits per heavy atom. The fraction of sp³-hybridized carbons (Fsp3) is 0.429. The van der Waals surface area contributed by atoms with Crippen molar-refractivity contribution in [2.24, 2.45) is 11.8 Å². The minimum absolute atomic E-state index is 0.118. The summed E-state index contributed by atoms with van der Waals surface area (Å²) in [5.41, 5.74) is 0.834. The summed E-state index contributed by atoms with van der Waals surface area (Å²) in [5, 5.41) is 11.9. The molecule has 3 rings (SSSR count). The Morgan fingerprint density at radius 3 is 2.32 bits per heavy atom. The highest BCUT2D eigenvalue weighted by molar-refractivity contribution is 9.10. The van der Waals surface area contributed by atoms with E-state index in [1.54, 1.807) is 0 Å². The molecule has 1 aromatic carbocycles. The summed E-state index contributed by atoms with van der Waals surface area (Å²) in [4.78, 5) is 22.8. The van der Waals surface area contributed by atoms with Crippen LogP contribution in [0.15, 0.2) is 28.7 Å². The molecule has 19 heavy (non-hydrogen) atoms. The first-order valence-corrected chi connectivity index (χ1v) is 7.12. The summed E-state index contributed by atoms with van der Waals surface area (Å²) in [6, 6.07) is 7.91. The highest BCUT2D eigenvalue weighted by atomic mass is 79.9. The van der Waals surface area contributed by atoms with Gasteiger partial charge in [-0.05, 0) is 37.0 Å². The average Bonchev–Trinajstić information content (AvgIpc) is 3.24. The molecule has 4 nitrogen and oxygen atoms in total. The van der Waals surface area contributed by atoms with E-state index in [1.165, 1.54) is 0 Å². The van der Waals surface area contributed by atoms with Crippen molar-refractivity contribution < 1.29 is 14.7 Å². The smallest absolute Gasteiger partial charge is 0.307 e. The Labute approximate surface area is 119 Å². The van der Waals surface area contributed by atoms with Crippen LogP contribution in [0, 0.1) is 11.8 Å². The number of carbonyl (C=O) groups excluding carboxylic acids is 1. The monoisotopic (exact) mass is 323 g/mol. The zero-order valence-electron chi connectivity index (χ0n) is 10.2. The highest BCUT2D eigenvalue weighted by Crippen LogP contribution is 2.47. The third-order valence-corrected chi connectivity index (χ3v) is 4.48. The number of halogens is 1. The maximum absolute atomic E-state index is 12.0. The maximum Gasteiger partial charge on any atom is 0.307 e. The zero-order chi connectivity index (χ0) is 13.6. The number of carboxylic acid groups (broad SMARTS) is 1. The van der Waals surface area contributed by atoms with Crippen molar-refractivity contribution in [3.05, 3.63) is 34.3 Å². The van der Waals surface area contributed by atoms with E-state index in [0.717, 1.165) is 22.9 Å². The minimum atomic E-state index is -0.867. The van der Waals surface area contributed by atoms with Crippen molar-refractivity contribution in [2.75, 3.05) is 0 Å². The van der Waals surface area contributed by atoms with Crippen LogP contribution in [0.2, 0.25) is 0 Å². The van der Waals surface area contributed by atoms with Gasteiger partial charge in [-0.3, -0.25) is 9.59 Å². The van der Waals surface area contributed by atoms with Crippen molar-refractivity contribution in [1.29, 1.82) is 0 Å². The van der Waals surface area contributed by atoms with Gasteiger partial charge in [0.15, 0.2) is 0 Å². The van der Waals surface area contributed by atoms with E-state index < -0.39 is 11.9 Å². The Bertz CT molecular complexity index is 536. The van der Waals surface area contributed by atoms with Gasteiger partial charge in [0.05, 0.1) is 17.4 Å². The Morgan fingerprint density at radius 1 is 1.21 bits per heavy atom. The second kappa shape index (κ2) is 4.34. The number of benzene rings is 1. The molecule has 0 radical (unpaired) electrons. The van der Waals surface area contributed by atoms with Gasteiger partial charge < -0.3 is 10.4 Å². The molecular weight excluding hydrogens is 310 g/mol. The first-order valence-electron chi connectivity index (χ1n) is 6.33. The van der Waals surface area contributed by atoms with Crippen LogP contribution >= 0.6 is 15.9 Å². The lowest BCUT2D eigenvalue weighted by Gasteiger charge is -2.18. The largest absolute Gasteiger partial charge is 0.481 e. The summed E-state index contributed by atoms with van der Waals surface area (Å²) < 4.78 is 1.01. The van der Waals surface area contributed by atoms with Crippen LogP contribution < -0.4 is 5.32 Å². The zero-order valence-corrected chi connectivity index (χ0v) is 11.8. The number of rotatable bonds is 4. The third kappa shape index (κ3) is 2.39. The van der Waals surface area contributed by atoms with E-state index in [0.29, 0.717) is 6.42 Å². The predicted octanol–water partition coefficient (Wildman–Crippen LogP) is 2.28. The van der Waals surface area contributed by atoms with Crippen LogP contribution in [0.25, 0.3) is 0 Å². The van der Waals surface area contributed by atoms with Crippen LogP contribution in [-0.2, 0) is 15.1 Å². The lowest BCUT2D eigenvalue weighted by Crippen LogP contribution is -2.36. The average molecular weight is 324 g/mol. The SMILES string of the molecule is O=C(O)[C@@H]1C[C@H]1C(=O)NC1(c2ccc(Br)cc2)CC1. The maximum atomic E-state index is 12.0. The molecule has 0 aliphatic heterocycles. The number of nitrogens with one attached hydrogen (secondary N) is 1. The first-order chi connectivity index (χ1) is 9.02. The van der Waals surface area contributed by atoms with Crippen LogP contribution in [0.1, 0.15) is 24.8 Å². The third-order valence-electron chi connectivity index (χ3n) is 3.95. The molecule has 1 aromatic rings. The van der Waals surface area contributed by atoms with Gasteiger partial charge in [0, 0.05) is 4.47 Å². The summed E-state index contributed by atoms with van der Waals surface area (Å²) in [5.74, 6) is -1.81. The molecule has 2 N–H and O–H groups in total. The molecule has 0 unspecified atom stereocenters. The Hall–Kier alpha value is -1.36. The van der Waals surface area contributed by atoms with Gasteiger partial charge in [0.1, 0.15) is 0 Å². The van der Waals surface area contributed by atoms with Gasteiger partial charge in [0.25, 0.3) is 0 Å². The number of aliphatic carboxylic acids is 1. The van der Waals surface area contributed by atoms with Crippen molar-refractivity contribution >= 4 is 27.8 Å². The van der Waals surface area contributed by atoms with Gasteiger partial charge in [0.2, 0.25) is 5.91 Å². The lowest BCUT2D eigenvalue weighted by atomic mass is 10.0. The normalized spacial score (nSPS) is 26.6. The van der Waals surface area contributed by atoms with E-state index in [1.807, 2.05) is 24.3 Å². The van der Waals surface area contributed by atoms with Gasteiger partial charge in [-0.1, -0.05) is 28.1 Å². The molecule has 2 fully saturated rings. The van der Waals surface area contributed by atoms with Crippen LogP contribution in [-0.4, -0.2) is 17.0 Å². The van der Waals surface area contributed by atoms with Crippen molar-refractivity contribution in [2.45, 2.75) is 24.8 Å². The lowest BCUT2D eigenvalue weighted by molar-refractivity contribution is -0.140.